The fourth-order valence-corrected chi connectivity index (χ4v) is 1.64. The van der Waals surface area contributed by atoms with Gasteiger partial charge in [-0.15, -0.1) is 0 Å². The lowest BCUT2D eigenvalue weighted by Crippen LogP contribution is -2.11. The van der Waals surface area contributed by atoms with E-state index in [9.17, 15) is 0 Å². The fourth-order valence-electron chi connectivity index (χ4n) is 1.64. The summed E-state index contributed by atoms with van der Waals surface area (Å²) in [4.78, 5) is 8.42. The number of hydrogen-bond donors (Lipinski definition) is 2. The van der Waals surface area contributed by atoms with Crippen LogP contribution in [0.5, 0.6) is 0 Å². The maximum atomic E-state index is 5.92. The van der Waals surface area contributed by atoms with Crippen molar-refractivity contribution >= 4 is 11.6 Å². The minimum Gasteiger partial charge on any atom is -0.398 e. The Morgan fingerprint density at radius 1 is 1.18 bits per heavy atom. The summed E-state index contributed by atoms with van der Waals surface area (Å²) in [5, 5.41) is 3.22. The molecule has 0 amide bonds. The van der Waals surface area contributed by atoms with Crippen LogP contribution >= 0.6 is 0 Å². The molecule has 1 aromatic carbocycles. The number of aryl methyl sites for hydroxylation is 1. The summed E-state index contributed by atoms with van der Waals surface area (Å²) in [5.41, 5.74) is 8.79. The third-order valence-electron chi connectivity index (χ3n) is 2.59. The molecule has 0 aliphatic carbocycles. The number of nitrogens with one attached hydrogen (secondary N) is 1. The van der Waals surface area contributed by atoms with E-state index < -0.39 is 0 Å². The maximum absolute atomic E-state index is 5.92. The van der Waals surface area contributed by atoms with Gasteiger partial charge in [-0.05, 0) is 31.0 Å². The molecule has 2 aromatic rings. The first-order valence-electron chi connectivity index (χ1n) is 5.56. The second kappa shape index (κ2) is 4.82. The van der Waals surface area contributed by atoms with Crippen molar-refractivity contribution in [3.05, 3.63) is 47.8 Å². The Labute approximate surface area is 101 Å². The van der Waals surface area contributed by atoms with Gasteiger partial charge in [-0.2, -0.15) is 0 Å². The van der Waals surface area contributed by atoms with Gasteiger partial charge >= 0.3 is 0 Å². The quantitative estimate of drug-likeness (QED) is 0.792. The number of para-hydroxylation sites is 1. The Hall–Kier alpha value is -2.10. The highest BCUT2D eigenvalue weighted by molar-refractivity contribution is 5.50. The molecular formula is C13H16N4. The van der Waals surface area contributed by atoms with Gasteiger partial charge in [-0.1, -0.05) is 18.2 Å². The Kier molecular flexibility index (Phi) is 3.23. The summed E-state index contributed by atoms with van der Waals surface area (Å²) in [6, 6.07) is 7.87. The van der Waals surface area contributed by atoms with Gasteiger partial charge < -0.3 is 11.1 Å². The lowest BCUT2D eigenvalue weighted by molar-refractivity contribution is 0.862. The topological polar surface area (TPSA) is 63.8 Å². The minimum absolute atomic E-state index is 0.0823. The number of anilines is 2. The van der Waals surface area contributed by atoms with E-state index in [0.717, 1.165) is 16.8 Å². The minimum atomic E-state index is 0.0823. The molecule has 2 rings (SSSR count). The highest BCUT2D eigenvalue weighted by Gasteiger charge is 2.09. The van der Waals surface area contributed by atoms with Crippen LogP contribution in [0.1, 0.15) is 24.1 Å². The van der Waals surface area contributed by atoms with E-state index in [-0.39, 0.29) is 6.04 Å². The number of rotatable bonds is 3. The van der Waals surface area contributed by atoms with Gasteiger partial charge in [0.1, 0.15) is 0 Å². The molecule has 0 bridgehead atoms. The lowest BCUT2D eigenvalue weighted by atomic mass is 10.1. The number of aromatic nitrogens is 2. The SMILES string of the molecule is Cc1cnc(NC(C)c2ccccc2N)nc1. The van der Waals surface area contributed by atoms with Gasteiger partial charge in [0.15, 0.2) is 0 Å². The molecule has 4 nitrogen and oxygen atoms in total. The highest BCUT2D eigenvalue weighted by atomic mass is 15.1. The molecule has 0 saturated carbocycles. The van der Waals surface area contributed by atoms with Crippen molar-refractivity contribution in [3.63, 3.8) is 0 Å². The number of nitrogens with two attached hydrogens (primary N) is 1. The monoisotopic (exact) mass is 228 g/mol. The Morgan fingerprint density at radius 2 is 1.82 bits per heavy atom. The molecule has 0 aliphatic heterocycles. The predicted octanol–water partition coefficient (Wildman–Crippen LogP) is 2.54. The van der Waals surface area contributed by atoms with Crippen LogP contribution in [-0.2, 0) is 0 Å². The first kappa shape index (κ1) is 11.4. The van der Waals surface area contributed by atoms with Crippen molar-refractivity contribution in [2.75, 3.05) is 11.1 Å². The van der Waals surface area contributed by atoms with Crippen molar-refractivity contribution in [1.82, 2.24) is 9.97 Å². The zero-order chi connectivity index (χ0) is 12.3. The third kappa shape index (κ3) is 2.72. The van der Waals surface area contributed by atoms with Crippen LogP contribution < -0.4 is 11.1 Å². The van der Waals surface area contributed by atoms with Gasteiger partial charge in [-0.3, -0.25) is 0 Å². The summed E-state index contributed by atoms with van der Waals surface area (Å²) in [6.45, 7) is 4.00. The Morgan fingerprint density at radius 3 is 2.47 bits per heavy atom. The van der Waals surface area contributed by atoms with Gasteiger partial charge in [0.2, 0.25) is 5.95 Å². The molecular weight excluding hydrogens is 212 g/mol. The molecule has 1 unspecified atom stereocenters. The molecule has 1 atom stereocenters. The van der Waals surface area contributed by atoms with E-state index in [4.69, 9.17) is 5.73 Å². The number of benzene rings is 1. The zero-order valence-electron chi connectivity index (χ0n) is 10.0. The fraction of sp³-hybridized carbons (Fsp3) is 0.231. The van der Waals surface area contributed by atoms with E-state index in [1.165, 1.54) is 0 Å². The lowest BCUT2D eigenvalue weighted by Gasteiger charge is -2.15. The van der Waals surface area contributed by atoms with Crippen LogP contribution in [0.4, 0.5) is 11.6 Å². The summed E-state index contributed by atoms with van der Waals surface area (Å²) < 4.78 is 0. The molecule has 1 aromatic heterocycles. The Bertz CT molecular complexity index is 493. The average molecular weight is 228 g/mol. The molecule has 0 aliphatic rings. The van der Waals surface area contributed by atoms with Gasteiger partial charge in [0.05, 0.1) is 6.04 Å². The van der Waals surface area contributed by atoms with Crippen LogP contribution in [-0.4, -0.2) is 9.97 Å². The van der Waals surface area contributed by atoms with E-state index in [1.54, 1.807) is 12.4 Å². The molecule has 1 heterocycles. The van der Waals surface area contributed by atoms with Crippen LogP contribution in [0.25, 0.3) is 0 Å². The highest BCUT2D eigenvalue weighted by Crippen LogP contribution is 2.21. The van der Waals surface area contributed by atoms with Crippen LogP contribution in [0.3, 0.4) is 0 Å². The van der Waals surface area contributed by atoms with Crippen LogP contribution in [0.15, 0.2) is 36.7 Å². The molecule has 0 fully saturated rings. The summed E-state index contributed by atoms with van der Waals surface area (Å²) >= 11 is 0. The smallest absolute Gasteiger partial charge is 0.223 e. The first-order chi connectivity index (χ1) is 8.16. The van der Waals surface area contributed by atoms with E-state index in [0.29, 0.717) is 5.95 Å². The third-order valence-corrected chi connectivity index (χ3v) is 2.59. The molecule has 4 heteroatoms. The second-order valence-corrected chi connectivity index (χ2v) is 4.08. The van der Waals surface area contributed by atoms with Gasteiger partial charge in [-0.25, -0.2) is 9.97 Å². The van der Waals surface area contributed by atoms with E-state index in [1.807, 2.05) is 38.1 Å². The normalized spacial score (nSPS) is 12.1. The number of hydrogen-bond acceptors (Lipinski definition) is 4. The van der Waals surface area contributed by atoms with E-state index in [2.05, 4.69) is 15.3 Å². The van der Waals surface area contributed by atoms with Crippen LogP contribution in [0.2, 0.25) is 0 Å². The van der Waals surface area contributed by atoms with Crippen molar-refractivity contribution in [1.29, 1.82) is 0 Å². The van der Waals surface area contributed by atoms with Crippen molar-refractivity contribution in [2.45, 2.75) is 19.9 Å². The van der Waals surface area contributed by atoms with Gasteiger partial charge in [0.25, 0.3) is 0 Å². The van der Waals surface area contributed by atoms with Gasteiger partial charge in [0, 0.05) is 18.1 Å². The number of nitrogens with zero attached hydrogens (tertiary/aromatic N) is 2. The summed E-state index contributed by atoms with van der Waals surface area (Å²) in [5.74, 6) is 0.617. The van der Waals surface area contributed by atoms with Crippen molar-refractivity contribution in [2.24, 2.45) is 0 Å². The summed E-state index contributed by atoms with van der Waals surface area (Å²) in [6.07, 6.45) is 3.58. The molecule has 88 valence electrons. The maximum Gasteiger partial charge on any atom is 0.223 e. The van der Waals surface area contributed by atoms with Crippen molar-refractivity contribution < 1.29 is 0 Å². The molecule has 0 saturated heterocycles. The molecule has 3 N–H and O–H groups in total. The molecule has 0 radical (unpaired) electrons. The largest absolute Gasteiger partial charge is 0.398 e. The number of nitrogen functional groups attached to an aromatic ring is 1. The average Bonchev–Trinajstić information content (AvgIpc) is 2.32. The first-order valence-corrected chi connectivity index (χ1v) is 5.56. The predicted molar refractivity (Wildman–Crippen MR) is 69.7 cm³/mol. The Balaban J connectivity index is 2.14. The standard InChI is InChI=1S/C13H16N4/c1-9-7-15-13(16-8-9)17-10(2)11-5-3-4-6-12(11)14/h3-8,10H,14H2,1-2H3,(H,15,16,17). The van der Waals surface area contributed by atoms with E-state index >= 15 is 0 Å². The molecule has 0 spiro atoms. The summed E-state index contributed by atoms with van der Waals surface area (Å²) in [7, 11) is 0. The van der Waals surface area contributed by atoms with Crippen LogP contribution in [0, 0.1) is 6.92 Å². The van der Waals surface area contributed by atoms with Crippen molar-refractivity contribution in [3.8, 4) is 0 Å². The zero-order valence-corrected chi connectivity index (χ0v) is 10.0. The second-order valence-electron chi connectivity index (χ2n) is 4.08. The molecule has 17 heavy (non-hydrogen) atoms.